The van der Waals surface area contributed by atoms with Crippen LogP contribution >= 0.6 is 0 Å². The van der Waals surface area contributed by atoms with Gasteiger partial charge in [0, 0.05) is 12.6 Å². The highest BCUT2D eigenvalue weighted by Gasteiger charge is 2.31. The highest BCUT2D eigenvalue weighted by molar-refractivity contribution is 5.82. The van der Waals surface area contributed by atoms with Crippen LogP contribution in [0.5, 0.6) is 0 Å². The van der Waals surface area contributed by atoms with Crippen LogP contribution in [0.1, 0.15) is 58.3 Å². The lowest BCUT2D eigenvalue weighted by molar-refractivity contribution is -0.134. The van der Waals surface area contributed by atoms with Crippen molar-refractivity contribution in [1.82, 2.24) is 10.2 Å². The number of rotatable bonds is 4. The minimum absolute atomic E-state index is 0.0497. The Kier molecular flexibility index (Phi) is 5.04. The Labute approximate surface area is 111 Å². The van der Waals surface area contributed by atoms with Crippen LogP contribution < -0.4 is 5.32 Å². The van der Waals surface area contributed by atoms with Gasteiger partial charge < -0.3 is 10.2 Å². The van der Waals surface area contributed by atoms with E-state index in [1.807, 2.05) is 7.05 Å². The largest absolute Gasteiger partial charge is 0.339 e. The summed E-state index contributed by atoms with van der Waals surface area (Å²) in [6.45, 7) is 3.14. The van der Waals surface area contributed by atoms with E-state index in [1.165, 1.54) is 44.9 Å². The molecule has 0 bridgehead atoms. The lowest BCUT2D eigenvalue weighted by atomic mass is 9.84. The van der Waals surface area contributed by atoms with E-state index in [0.717, 1.165) is 18.9 Å². The van der Waals surface area contributed by atoms with Gasteiger partial charge in [-0.2, -0.15) is 0 Å². The molecule has 3 nitrogen and oxygen atoms in total. The molecule has 2 fully saturated rings. The minimum atomic E-state index is 0.0497. The van der Waals surface area contributed by atoms with Crippen LogP contribution in [-0.2, 0) is 4.79 Å². The predicted octanol–water partition coefficient (Wildman–Crippen LogP) is 2.56. The molecule has 0 aromatic carbocycles. The van der Waals surface area contributed by atoms with Crippen LogP contribution in [0.25, 0.3) is 0 Å². The first kappa shape index (κ1) is 13.9. The molecule has 1 aliphatic heterocycles. The number of hydrogen-bond acceptors (Lipinski definition) is 2. The molecule has 1 N–H and O–H groups in total. The average Bonchev–Trinajstić information content (AvgIpc) is 2.82. The first-order valence-corrected chi connectivity index (χ1v) is 7.70. The highest BCUT2D eigenvalue weighted by atomic mass is 16.2. The van der Waals surface area contributed by atoms with Gasteiger partial charge >= 0.3 is 0 Å². The smallest absolute Gasteiger partial charge is 0.239 e. The molecule has 2 atom stereocenters. The maximum Gasteiger partial charge on any atom is 0.239 e. The summed E-state index contributed by atoms with van der Waals surface area (Å²) in [6, 6.07) is 0.494. The molecule has 1 saturated carbocycles. The number of nitrogens with one attached hydrogen (secondary N) is 1. The molecule has 0 radical (unpaired) electrons. The molecule has 2 rings (SSSR count). The maximum absolute atomic E-state index is 12.5. The quantitative estimate of drug-likeness (QED) is 0.834. The van der Waals surface area contributed by atoms with E-state index in [9.17, 15) is 4.79 Å². The van der Waals surface area contributed by atoms with Crippen LogP contribution in [-0.4, -0.2) is 36.5 Å². The van der Waals surface area contributed by atoms with Gasteiger partial charge in [0.1, 0.15) is 0 Å². The predicted molar refractivity (Wildman–Crippen MR) is 74.4 cm³/mol. The summed E-state index contributed by atoms with van der Waals surface area (Å²) in [5.41, 5.74) is 0. The molecule has 0 aromatic heterocycles. The van der Waals surface area contributed by atoms with Crippen molar-refractivity contribution >= 4 is 5.91 Å². The Bertz CT molecular complexity index is 274. The van der Waals surface area contributed by atoms with E-state index in [0.29, 0.717) is 11.9 Å². The van der Waals surface area contributed by atoms with E-state index in [1.54, 1.807) is 0 Å². The van der Waals surface area contributed by atoms with E-state index in [-0.39, 0.29) is 6.04 Å². The molecular formula is C15H28N2O. The Balaban J connectivity index is 1.88. The van der Waals surface area contributed by atoms with Crippen LogP contribution in [0.4, 0.5) is 0 Å². The molecule has 3 heteroatoms. The fourth-order valence-electron chi connectivity index (χ4n) is 3.56. The van der Waals surface area contributed by atoms with Crippen molar-refractivity contribution in [1.29, 1.82) is 0 Å². The summed E-state index contributed by atoms with van der Waals surface area (Å²) in [5, 5.41) is 3.26. The van der Waals surface area contributed by atoms with E-state index in [4.69, 9.17) is 0 Å². The number of likely N-dealkylation sites (tertiary alicyclic amines) is 1. The normalized spacial score (nSPS) is 27.4. The fraction of sp³-hybridized carbons (Fsp3) is 0.933. The van der Waals surface area contributed by atoms with Crippen LogP contribution in [0.2, 0.25) is 0 Å². The maximum atomic E-state index is 12.5. The van der Waals surface area contributed by atoms with Gasteiger partial charge in [0.2, 0.25) is 5.91 Å². The van der Waals surface area contributed by atoms with Gasteiger partial charge in [0.05, 0.1) is 6.04 Å². The molecule has 2 aliphatic rings. The molecule has 1 amide bonds. The third-order valence-corrected chi connectivity index (χ3v) is 4.78. The monoisotopic (exact) mass is 252 g/mol. The summed E-state index contributed by atoms with van der Waals surface area (Å²) in [6.07, 6.45) is 10.1. The lowest BCUT2D eigenvalue weighted by Gasteiger charge is -2.30. The second-order valence-corrected chi connectivity index (χ2v) is 6.10. The van der Waals surface area contributed by atoms with E-state index < -0.39 is 0 Å². The zero-order valence-electron chi connectivity index (χ0n) is 12.0. The summed E-state index contributed by atoms with van der Waals surface area (Å²) in [5.74, 6) is 1.10. The van der Waals surface area contributed by atoms with Crippen molar-refractivity contribution in [3.05, 3.63) is 0 Å². The number of nitrogens with zero attached hydrogens (tertiary/aromatic N) is 1. The summed E-state index contributed by atoms with van der Waals surface area (Å²) < 4.78 is 0. The number of carbonyl (C=O) groups is 1. The average molecular weight is 252 g/mol. The van der Waals surface area contributed by atoms with Gasteiger partial charge in [0.25, 0.3) is 0 Å². The van der Waals surface area contributed by atoms with Crippen molar-refractivity contribution in [2.75, 3.05) is 13.6 Å². The topological polar surface area (TPSA) is 32.3 Å². The van der Waals surface area contributed by atoms with Gasteiger partial charge in [-0.25, -0.2) is 0 Å². The Morgan fingerprint density at radius 2 is 1.94 bits per heavy atom. The number of hydrogen-bond donors (Lipinski definition) is 1. The van der Waals surface area contributed by atoms with Gasteiger partial charge in [-0.05, 0) is 39.2 Å². The molecule has 104 valence electrons. The third-order valence-electron chi connectivity index (χ3n) is 4.78. The fourth-order valence-corrected chi connectivity index (χ4v) is 3.56. The molecule has 0 aromatic rings. The molecule has 0 spiro atoms. The minimum Gasteiger partial charge on any atom is -0.339 e. The van der Waals surface area contributed by atoms with E-state index in [2.05, 4.69) is 17.1 Å². The van der Waals surface area contributed by atoms with Crippen LogP contribution in [0.3, 0.4) is 0 Å². The SMILES string of the molecule is CNC(CC1CCCCC1)C(=O)N1CCC[C@H]1C. The van der Waals surface area contributed by atoms with Crippen molar-refractivity contribution in [2.45, 2.75) is 70.4 Å². The Hall–Kier alpha value is -0.570. The van der Waals surface area contributed by atoms with Gasteiger partial charge in [0.15, 0.2) is 0 Å². The number of amides is 1. The Morgan fingerprint density at radius 3 is 2.50 bits per heavy atom. The summed E-state index contributed by atoms with van der Waals surface area (Å²) in [7, 11) is 1.94. The zero-order valence-corrected chi connectivity index (χ0v) is 12.0. The Morgan fingerprint density at radius 1 is 1.22 bits per heavy atom. The van der Waals surface area contributed by atoms with Crippen molar-refractivity contribution in [3.8, 4) is 0 Å². The first-order valence-electron chi connectivity index (χ1n) is 7.70. The third kappa shape index (κ3) is 3.25. The summed E-state index contributed by atoms with van der Waals surface area (Å²) in [4.78, 5) is 14.6. The molecular weight excluding hydrogens is 224 g/mol. The number of likely N-dealkylation sites (N-methyl/N-ethyl adjacent to an activating group) is 1. The van der Waals surface area contributed by atoms with Crippen LogP contribution in [0, 0.1) is 5.92 Å². The van der Waals surface area contributed by atoms with E-state index >= 15 is 0 Å². The molecule has 1 saturated heterocycles. The first-order chi connectivity index (χ1) is 8.72. The lowest BCUT2D eigenvalue weighted by Crippen LogP contribution is -2.47. The summed E-state index contributed by atoms with van der Waals surface area (Å²) >= 11 is 0. The van der Waals surface area contributed by atoms with Crippen LogP contribution in [0.15, 0.2) is 0 Å². The second kappa shape index (κ2) is 6.55. The standard InChI is InChI=1S/C15H28N2O/c1-12-7-6-10-17(12)15(18)14(16-2)11-13-8-4-3-5-9-13/h12-14,16H,3-11H2,1-2H3/t12-,14?/m1/s1. The second-order valence-electron chi connectivity index (χ2n) is 6.10. The van der Waals surface area contributed by atoms with Gasteiger partial charge in [-0.3, -0.25) is 4.79 Å². The van der Waals surface area contributed by atoms with Gasteiger partial charge in [-0.15, -0.1) is 0 Å². The molecule has 1 heterocycles. The molecule has 1 aliphatic carbocycles. The van der Waals surface area contributed by atoms with Crippen molar-refractivity contribution in [3.63, 3.8) is 0 Å². The molecule has 18 heavy (non-hydrogen) atoms. The highest BCUT2D eigenvalue weighted by Crippen LogP contribution is 2.28. The number of carbonyl (C=O) groups excluding carboxylic acids is 1. The van der Waals surface area contributed by atoms with Crippen molar-refractivity contribution < 1.29 is 4.79 Å². The molecule has 1 unspecified atom stereocenters. The van der Waals surface area contributed by atoms with Gasteiger partial charge in [-0.1, -0.05) is 32.1 Å². The zero-order chi connectivity index (χ0) is 13.0. The van der Waals surface area contributed by atoms with Crippen molar-refractivity contribution in [2.24, 2.45) is 5.92 Å².